The Bertz CT molecular complexity index is 731. The van der Waals surface area contributed by atoms with Crippen molar-refractivity contribution in [3.05, 3.63) is 89.5 Å². The molecule has 1 aliphatic carbocycles. The van der Waals surface area contributed by atoms with Crippen molar-refractivity contribution in [3.8, 4) is 0 Å². The molecule has 1 fully saturated rings. The summed E-state index contributed by atoms with van der Waals surface area (Å²) in [7, 11) is 0. The van der Waals surface area contributed by atoms with Crippen molar-refractivity contribution in [1.82, 2.24) is 9.97 Å². The van der Waals surface area contributed by atoms with Gasteiger partial charge in [0, 0.05) is 23.7 Å². The molecule has 1 aromatic heterocycles. The molecule has 1 N–H and O–H groups in total. The molecule has 0 bridgehead atoms. The van der Waals surface area contributed by atoms with Gasteiger partial charge in [0.05, 0.1) is 0 Å². The number of nitrogens with one attached hydrogen (secondary N) is 1. The van der Waals surface area contributed by atoms with Gasteiger partial charge >= 0.3 is 0 Å². The van der Waals surface area contributed by atoms with Crippen LogP contribution in [-0.2, 0) is 5.41 Å². The summed E-state index contributed by atoms with van der Waals surface area (Å²) in [6, 6.07) is 13.1. The van der Waals surface area contributed by atoms with Gasteiger partial charge in [0.2, 0.25) is 0 Å². The first kappa shape index (κ1) is 13.2. The summed E-state index contributed by atoms with van der Waals surface area (Å²) >= 11 is 0. The highest BCUT2D eigenvalue weighted by Crippen LogP contribution is 2.63. The third-order valence-electron chi connectivity index (χ3n) is 4.53. The van der Waals surface area contributed by atoms with Gasteiger partial charge in [0.25, 0.3) is 0 Å². The molecule has 4 rings (SSSR count). The maximum atomic E-state index is 13.3. The second-order valence-electron chi connectivity index (χ2n) is 5.72. The van der Waals surface area contributed by atoms with Gasteiger partial charge in [-0.05, 0) is 41.8 Å². The Labute approximate surface area is 126 Å². The molecule has 3 aromatic rings. The van der Waals surface area contributed by atoms with Crippen molar-refractivity contribution < 1.29 is 8.78 Å². The van der Waals surface area contributed by atoms with E-state index in [2.05, 4.69) is 9.97 Å². The van der Waals surface area contributed by atoms with Crippen LogP contribution in [-0.4, -0.2) is 9.97 Å². The van der Waals surface area contributed by atoms with E-state index >= 15 is 0 Å². The molecule has 1 unspecified atom stereocenters. The number of hydrogen-bond acceptors (Lipinski definition) is 1. The zero-order chi connectivity index (χ0) is 15.2. The lowest BCUT2D eigenvalue weighted by Gasteiger charge is -2.18. The van der Waals surface area contributed by atoms with Crippen LogP contribution in [0.4, 0.5) is 8.78 Å². The van der Waals surface area contributed by atoms with E-state index in [9.17, 15) is 8.78 Å². The van der Waals surface area contributed by atoms with Crippen LogP contribution < -0.4 is 0 Å². The Balaban J connectivity index is 1.83. The number of nitrogens with zero attached hydrogens (tertiary/aromatic N) is 1. The zero-order valence-corrected chi connectivity index (χ0v) is 11.8. The summed E-state index contributed by atoms with van der Waals surface area (Å²) in [6.07, 6.45) is 4.40. The standard InChI is InChI=1S/C18H14F2N2/c19-14-5-1-12(2-6-14)18(13-3-7-15(20)8-4-13)11-16(18)17-21-9-10-22-17/h1-10,16H,11H2,(H,21,22). The van der Waals surface area contributed by atoms with Crippen LogP contribution >= 0.6 is 0 Å². The number of H-pyrrole nitrogens is 1. The van der Waals surface area contributed by atoms with E-state index < -0.39 is 0 Å². The summed E-state index contributed by atoms with van der Waals surface area (Å²) in [6.45, 7) is 0. The van der Waals surface area contributed by atoms with Crippen LogP contribution in [0.1, 0.15) is 29.3 Å². The quantitative estimate of drug-likeness (QED) is 0.772. The van der Waals surface area contributed by atoms with E-state index in [4.69, 9.17) is 0 Å². The number of halogens is 2. The first-order valence-corrected chi connectivity index (χ1v) is 7.21. The van der Waals surface area contributed by atoms with Crippen molar-refractivity contribution >= 4 is 0 Å². The minimum Gasteiger partial charge on any atom is -0.348 e. The number of imidazole rings is 1. The lowest BCUT2D eigenvalue weighted by atomic mass is 9.85. The molecule has 22 heavy (non-hydrogen) atoms. The van der Waals surface area contributed by atoms with E-state index in [0.717, 1.165) is 23.4 Å². The topological polar surface area (TPSA) is 28.7 Å². The second kappa shape index (κ2) is 4.77. The van der Waals surface area contributed by atoms with Crippen LogP contribution in [0.15, 0.2) is 60.9 Å². The molecule has 1 saturated carbocycles. The summed E-state index contributed by atoms with van der Waals surface area (Å²) in [5.74, 6) is 0.591. The molecule has 1 aliphatic rings. The van der Waals surface area contributed by atoms with Gasteiger partial charge in [-0.1, -0.05) is 24.3 Å². The molecular formula is C18H14F2N2. The number of rotatable bonds is 3. The summed E-state index contributed by atoms with van der Waals surface area (Å²) in [5, 5.41) is 0. The average Bonchev–Trinajstić information content (AvgIpc) is 3.04. The van der Waals surface area contributed by atoms with Gasteiger partial charge < -0.3 is 4.98 Å². The van der Waals surface area contributed by atoms with Crippen LogP contribution in [0.25, 0.3) is 0 Å². The maximum Gasteiger partial charge on any atom is 0.123 e. The van der Waals surface area contributed by atoms with Gasteiger partial charge in [-0.25, -0.2) is 13.8 Å². The molecule has 2 nitrogen and oxygen atoms in total. The monoisotopic (exact) mass is 296 g/mol. The van der Waals surface area contributed by atoms with Crippen LogP contribution in [0, 0.1) is 11.6 Å². The molecule has 110 valence electrons. The number of aromatic nitrogens is 2. The van der Waals surface area contributed by atoms with Crippen molar-refractivity contribution in [2.24, 2.45) is 0 Å². The lowest BCUT2D eigenvalue weighted by molar-refractivity contribution is 0.623. The molecule has 1 atom stereocenters. The van der Waals surface area contributed by atoms with E-state index in [1.807, 2.05) is 24.3 Å². The molecule has 4 heteroatoms. The van der Waals surface area contributed by atoms with E-state index in [1.165, 1.54) is 24.3 Å². The van der Waals surface area contributed by atoms with Crippen LogP contribution in [0.3, 0.4) is 0 Å². The molecule has 0 amide bonds. The smallest absolute Gasteiger partial charge is 0.123 e. The fourth-order valence-corrected chi connectivity index (χ4v) is 3.36. The van der Waals surface area contributed by atoms with Crippen LogP contribution in [0.5, 0.6) is 0 Å². The SMILES string of the molecule is Fc1ccc(C2(c3ccc(F)cc3)CC2c2ncc[nH]2)cc1. The van der Waals surface area contributed by atoms with Crippen LogP contribution in [0.2, 0.25) is 0 Å². The maximum absolute atomic E-state index is 13.3. The lowest BCUT2D eigenvalue weighted by Crippen LogP contribution is -2.12. The van der Waals surface area contributed by atoms with Gasteiger partial charge in [-0.15, -0.1) is 0 Å². The van der Waals surface area contributed by atoms with Gasteiger partial charge in [-0.2, -0.15) is 0 Å². The normalized spacial score (nSPS) is 19.1. The van der Waals surface area contributed by atoms with E-state index in [0.29, 0.717) is 0 Å². The average molecular weight is 296 g/mol. The van der Waals surface area contributed by atoms with Crippen molar-refractivity contribution in [3.63, 3.8) is 0 Å². The minimum absolute atomic E-state index is 0.193. The first-order valence-electron chi connectivity index (χ1n) is 7.21. The Kier molecular flexibility index (Phi) is 2.86. The molecule has 0 radical (unpaired) electrons. The summed E-state index contributed by atoms with van der Waals surface area (Å²) in [4.78, 5) is 7.51. The van der Waals surface area contributed by atoms with E-state index in [1.54, 1.807) is 12.4 Å². The first-order chi connectivity index (χ1) is 10.7. The molecule has 0 saturated heterocycles. The highest BCUT2D eigenvalue weighted by molar-refractivity contribution is 5.51. The van der Waals surface area contributed by atoms with E-state index in [-0.39, 0.29) is 23.0 Å². The zero-order valence-electron chi connectivity index (χ0n) is 11.8. The molecular weight excluding hydrogens is 282 g/mol. The molecule has 1 heterocycles. The largest absolute Gasteiger partial charge is 0.348 e. The Morgan fingerprint density at radius 1 is 0.909 bits per heavy atom. The summed E-state index contributed by atoms with van der Waals surface area (Å²) in [5.41, 5.74) is 1.79. The van der Waals surface area contributed by atoms with Crippen molar-refractivity contribution in [2.75, 3.05) is 0 Å². The second-order valence-corrected chi connectivity index (χ2v) is 5.72. The fourth-order valence-electron chi connectivity index (χ4n) is 3.36. The number of aromatic amines is 1. The molecule has 2 aromatic carbocycles. The predicted molar refractivity (Wildman–Crippen MR) is 79.5 cm³/mol. The van der Waals surface area contributed by atoms with Gasteiger partial charge in [0.15, 0.2) is 0 Å². The fraction of sp³-hybridized carbons (Fsp3) is 0.167. The Hall–Kier alpha value is -2.49. The Morgan fingerprint density at radius 3 is 1.91 bits per heavy atom. The molecule has 0 spiro atoms. The predicted octanol–water partition coefficient (Wildman–Crippen LogP) is 4.16. The van der Waals surface area contributed by atoms with Gasteiger partial charge in [-0.3, -0.25) is 0 Å². The number of hydrogen-bond donors (Lipinski definition) is 1. The highest BCUT2D eigenvalue weighted by Gasteiger charge is 2.58. The van der Waals surface area contributed by atoms with Crippen molar-refractivity contribution in [1.29, 1.82) is 0 Å². The molecule has 0 aliphatic heterocycles. The third kappa shape index (κ3) is 1.95. The highest BCUT2D eigenvalue weighted by atomic mass is 19.1. The Morgan fingerprint density at radius 2 is 1.45 bits per heavy atom. The van der Waals surface area contributed by atoms with Crippen molar-refractivity contribution in [2.45, 2.75) is 17.8 Å². The third-order valence-corrected chi connectivity index (χ3v) is 4.53. The van der Waals surface area contributed by atoms with Gasteiger partial charge in [0.1, 0.15) is 17.5 Å². The minimum atomic E-state index is -0.265. The number of benzene rings is 2. The summed E-state index contributed by atoms with van der Waals surface area (Å²) < 4.78 is 26.5.